The van der Waals surface area contributed by atoms with E-state index in [-0.39, 0.29) is 0 Å². The van der Waals surface area contributed by atoms with E-state index in [9.17, 15) is 0 Å². The molecule has 0 fully saturated rings. The fraction of sp³-hybridized carbons (Fsp3) is 0.667. The first kappa shape index (κ1) is 8.74. The SMILES string of the molecule is [CH2-]CCC/C=C\CCC. The molecule has 0 bridgehead atoms. The molecule has 0 aromatic carbocycles. The van der Waals surface area contributed by atoms with Crippen LogP contribution in [0.1, 0.15) is 39.0 Å². The zero-order valence-corrected chi connectivity index (χ0v) is 6.40. The van der Waals surface area contributed by atoms with Gasteiger partial charge in [-0.1, -0.05) is 31.9 Å². The average Bonchev–Trinajstić information content (AvgIpc) is 1.89. The highest BCUT2D eigenvalue weighted by atomic mass is 13.8. The van der Waals surface area contributed by atoms with Crippen molar-refractivity contribution in [1.82, 2.24) is 0 Å². The van der Waals surface area contributed by atoms with Crippen LogP contribution in [-0.2, 0) is 0 Å². The van der Waals surface area contributed by atoms with E-state index in [1.165, 1.54) is 25.7 Å². The van der Waals surface area contributed by atoms with Gasteiger partial charge in [-0.3, -0.25) is 0 Å². The summed E-state index contributed by atoms with van der Waals surface area (Å²) in [7, 11) is 0. The minimum Gasteiger partial charge on any atom is -0.343 e. The van der Waals surface area contributed by atoms with Gasteiger partial charge >= 0.3 is 0 Å². The van der Waals surface area contributed by atoms with Crippen LogP contribution in [0.15, 0.2) is 12.2 Å². The van der Waals surface area contributed by atoms with Crippen molar-refractivity contribution in [3.8, 4) is 0 Å². The second kappa shape index (κ2) is 7.74. The van der Waals surface area contributed by atoms with Gasteiger partial charge in [0.25, 0.3) is 0 Å². The second-order valence-corrected chi connectivity index (χ2v) is 2.26. The normalized spacial score (nSPS) is 10.9. The smallest absolute Gasteiger partial charge is 0.0353 e. The average molecular weight is 125 g/mol. The van der Waals surface area contributed by atoms with Gasteiger partial charge in [0.05, 0.1) is 0 Å². The van der Waals surface area contributed by atoms with Crippen LogP contribution in [0, 0.1) is 6.92 Å². The Kier molecular flexibility index (Phi) is 7.52. The van der Waals surface area contributed by atoms with E-state index in [1.807, 2.05) is 0 Å². The number of unbranched alkanes of at least 4 members (excludes halogenated alkanes) is 3. The van der Waals surface area contributed by atoms with Gasteiger partial charge in [-0.2, -0.15) is 6.42 Å². The quantitative estimate of drug-likeness (QED) is 0.300. The largest absolute Gasteiger partial charge is 0.343 e. The summed E-state index contributed by atoms with van der Waals surface area (Å²) in [6, 6.07) is 0. The Labute approximate surface area is 59.0 Å². The van der Waals surface area contributed by atoms with Gasteiger partial charge < -0.3 is 6.92 Å². The minimum atomic E-state index is 1.07. The maximum atomic E-state index is 3.77. The molecule has 0 amide bonds. The molecule has 0 nitrogen and oxygen atoms in total. The minimum absolute atomic E-state index is 1.07. The first-order valence-corrected chi connectivity index (χ1v) is 3.86. The highest BCUT2D eigenvalue weighted by Gasteiger charge is 1.73. The maximum Gasteiger partial charge on any atom is -0.0353 e. The highest BCUT2D eigenvalue weighted by molar-refractivity contribution is 4.80. The Balaban J connectivity index is 2.86. The predicted molar refractivity (Wildman–Crippen MR) is 43.3 cm³/mol. The molecule has 0 spiro atoms. The van der Waals surface area contributed by atoms with Crippen LogP contribution in [0.4, 0.5) is 0 Å². The number of hydrogen-bond donors (Lipinski definition) is 0. The number of rotatable bonds is 5. The van der Waals surface area contributed by atoms with E-state index in [0.717, 1.165) is 6.42 Å². The summed E-state index contributed by atoms with van der Waals surface area (Å²) >= 11 is 0. The van der Waals surface area contributed by atoms with Gasteiger partial charge in [0, 0.05) is 0 Å². The van der Waals surface area contributed by atoms with E-state index in [0.29, 0.717) is 0 Å². The van der Waals surface area contributed by atoms with Crippen LogP contribution in [-0.4, -0.2) is 0 Å². The van der Waals surface area contributed by atoms with Crippen molar-refractivity contribution >= 4 is 0 Å². The summed E-state index contributed by atoms with van der Waals surface area (Å²) in [5.41, 5.74) is 0. The number of hydrogen-bond acceptors (Lipinski definition) is 0. The summed E-state index contributed by atoms with van der Waals surface area (Å²) in [5.74, 6) is 0. The van der Waals surface area contributed by atoms with Crippen LogP contribution in [0.5, 0.6) is 0 Å². The second-order valence-electron chi connectivity index (χ2n) is 2.26. The molecule has 0 radical (unpaired) electrons. The first-order chi connectivity index (χ1) is 4.41. The summed E-state index contributed by atoms with van der Waals surface area (Å²) < 4.78 is 0. The molecular formula is C9H17-. The molecule has 0 rings (SSSR count). The van der Waals surface area contributed by atoms with Crippen LogP contribution in [0.3, 0.4) is 0 Å². The van der Waals surface area contributed by atoms with Crippen molar-refractivity contribution in [2.45, 2.75) is 39.0 Å². The molecule has 0 aliphatic rings. The fourth-order valence-electron chi connectivity index (χ4n) is 0.665. The van der Waals surface area contributed by atoms with Crippen molar-refractivity contribution in [3.05, 3.63) is 19.1 Å². The Hall–Kier alpha value is -0.260. The molecule has 0 heteroatoms. The molecule has 0 aromatic heterocycles. The van der Waals surface area contributed by atoms with E-state index < -0.39 is 0 Å². The van der Waals surface area contributed by atoms with Crippen LogP contribution >= 0.6 is 0 Å². The molecule has 9 heavy (non-hydrogen) atoms. The maximum absolute atomic E-state index is 3.77. The Morgan fingerprint density at radius 2 is 1.89 bits per heavy atom. The Morgan fingerprint density at radius 1 is 1.22 bits per heavy atom. The van der Waals surface area contributed by atoms with Gasteiger partial charge in [0.2, 0.25) is 0 Å². The molecule has 0 unspecified atom stereocenters. The lowest BCUT2D eigenvalue weighted by Crippen LogP contribution is -1.67. The lowest BCUT2D eigenvalue weighted by Gasteiger charge is -1.91. The van der Waals surface area contributed by atoms with Crippen molar-refractivity contribution in [2.24, 2.45) is 0 Å². The number of allylic oxidation sites excluding steroid dienone is 2. The van der Waals surface area contributed by atoms with Gasteiger partial charge in [0.1, 0.15) is 0 Å². The predicted octanol–water partition coefficient (Wildman–Crippen LogP) is 3.35. The van der Waals surface area contributed by atoms with Crippen molar-refractivity contribution < 1.29 is 0 Å². The van der Waals surface area contributed by atoms with Crippen molar-refractivity contribution in [2.75, 3.05) is 0 Å². The highest BCUT2D eigenvalue weighted by Crippen LogP contribution is 1.96. The third kappa shape index (κ3) is 7.74. The van der Waals surface area contributed by atoms with Crippen molar-refractivity contribution in [1.29, 1.82) is 0 Å². The van der Waals surface area contributed by atoms with Crippen molar-refractivity contribution in [3.63, 3.8) is 0 Å². The lowest BCUT2D eigenvalue weighted by molar-refractivity contribution is 0.857. The van der Waals surface area contributed by atoms with Gasteiger partial charge in [0.15, 0.2) is 0 Å². The summed E-state index contributed by atoms with van der Waals surface area (Å²) in [4.78, 5) is 0. The summed E-state index contributed by atoms with van der Waals surface area (Å²) in [5, 5.41) is 0. The third-order valence-corrected chi connectivity index (χ3v) is 1.24. The van der Waals surface area contributed by atoms with Gasteiger partial charge in [-0.15, -0.1) is 0 Å². The molecule has 0 aromatic rings. The molecule has 0 N–H and O–H groups in total. The standard InChI is InChI=1S/C9H17/c1-3-5-7-9-8-6-4-2/h8-9H,1,3-7H2,2H3/q-1/b9-8-. The van der Waals surface area contributed by atoms with E-state index in [2.05, 4.69) is 26.0 Å². The Morgan fingerprint density at radius 3 is 2.44 bits per heavy atom. The molecule has 0 heterocycles. The molecular weight excluding hydrogens is 108 g/mol. The molecule has 0 aliphatic carbocycles. The molecule has 0 aliphatic heterocycles. The molecule has 0 atom stereocenters. The molecule has 0 saturated heterocycles. The third-order valence-electron chi connectivity index (χ3n) is 1.24. The Bertz CT molecular complexity index is 62.4. The zero-order valence-electron chi connectivity index (χ0n) is 6.40. The van der Waals surface area contributed by atoms with E-state index in [1.54, 1.807) is 0 Å². The summed E-state index contributed by atoms with van der Waals surface area (Å²) in [6.07, 6.45) is 10.5. The van der Waals surface area contributed by atoms with Crippen LogP contribution in [0.2, 0.25) is 0 Å². The van der Waals surface area contributed by atoms with Crippen LogP contribution in [0.25, 0.3) is 0 Å². The molecule has 0 saturated carbocycles. The lowest BCUT2D eigenvalue weighted by atomic mass is 10.2. The zero-order chi connectivity index (χ0) is 6.95. The summed E-state index contributed by atoms with van der Waals surface area (Å²) in [6.45, 7) is 5.97. The van der Waals surface area contributed by atoms with Gasteiger partial charge in [-0.25, -0.2) is 0 Å². The fourth-order valence-corrected chi connectivity index (χ4v) is 0.665. The molecule has 54 valence electrons. The van der Waals surface area contributed by atoms with Gasteiger partial charge in [-0.05, 0) is 12.8 Å². The first-order valence-electron chi connectivity index (χ1n) is 3.86. The van der Waals surface area contributed by atoms with Crippen LogP contribution < -0.4 is 0 Å². The topological polar surface area (TPSA) is 0 Å². The van der Waals surface area contributed by atoms with E-state index >= 15 is 0 Å². The van der Waals surface area contributed by atoms with E-state index in [4.69, 9.17) is 0 Å². The monoisotopic (exact) mass is 125 g/mol.